The van der Waals surface area contributed by atoms with Gasteiger partial charge in [-0.25, -0.2) is 13.9 Å². The van der Waals surface area contributed by atoms with Crippen LogP contribution in [0.15, 0.2) is 48.7 Å². The van der Waals surface area contributed by atoms with E-state index in [1.807, 2.05) is 13.0 Å². The van der Waals surface area contributed by atoms with Gasteiger partial charge in [-0.2, -0.15) is 13.9 Å². The fraction of sp³-hybridized carbons (Fsp3) is 0.250. The Labute approximate surface area is 226 Å². The third-order valence-corrected chi connectivity index (χ3v) is 6.87. The Balaban J connectivity index is 1.35. The van der Waals surface area contributed by atoms with Gasteiger partial charge in [0.1, 0.15) is 11.4 Å². The highest BCUT2D eigenvalue weighted by atomic mass is 19.3. The number of halogens is 3. The SMILES string of the molecule is CC(=O)c1ccc2c(c1C)CC[C@@H]2NC(=O)c1cc(C(=O)NCc2ccc(F)c(OC(F)F)c2)nc2ccnn12. The van der Waals surface area contributed by atoms with Crippen molar-refractivity contribution in [2.45, 2.75) is 45.9 Å². The number of fused-ring (bicyclic) bond motifs is 2. The van der Waals surface area contributed by atoms with Gasteiger partial charge in [0.05, 0.1) is 12.2 Å². The normalized spacial score (nSPS) is 14.3. The second-order valence-electron chi connectivity index (χ2n) is 9.38. The summed E-state index contributed by atoms with van der Waals surface area (Å²) in [6.45, 7) is 0.0932. The van der Waals surface area contributed by atoms with E-state index in [-0.39, 0.29) is 35.4 Å². The van der Waals surface area contributed by atoms with Gasteiger partial charge in [-0.05, 0) is 61.1 Å². The van der Waals surface area contributed by atoms with Crippen LogP contribution in [0.3, 0.4) is 0 Å². The van der Waals surface area contributed by atoms with Gasteiger partial charge in [-0.1, -0.05) is 18.2 Å². The summed E-state index contributed by atoms with van der Waals surface area (Å²) < 4.78 is 44.2. The van der Waals surface area contributed by atoms with Gasteiger partial charge in [0, 0.05) is 24.2 Å². The number of hydrogen-bond donors (Lipinski definition) is 2. The topological polar surface area (TPSA) is 115 Å². The molecule has 2 aromatic heterocycles. The van der Waals surface area contributed by atoms with Gasteiger partial charge in [0.25, 0.3) is 11.8 Å². The van der Waals surface area contributed by atoms with Gasteiger partial charge in [-0.3, -0.25) is 14.4 Å². The van der Waals surface area contributed by atoms with Crippen molar-refractivity contribution in [3.05, 3.63) is 93.7 Å². The molecule has 0 saturated carbocycles. The van der Waals surface area contributed by atoms with Crippen molar-refractivity contribution in [2.75, 3.05) is 0 Å². The second kappa shape index (κ2) is 10.8. The molecule has 9 nitrogen and oxygen atoms in total. The zero-order chi connectivity index (χ0) is 28.6. The average Bonchev–Trinajstić information content (AvgIpc) is 3.55. The lowest BCUT2D eigenvalue weighted by molar-refractivity contribution is -0.0522. The van der Waals surface area contributed by atoms with E-state index < -0.39 is 30.0 Å². The van der Waals surface area contributed by atoms with E-state index in [1.54, 1.807) is 12.1 Å². The molecule has 206 valence electrons. The minimum atomic E-state index is -3.20. The van der Waals surface area contributed by atoms with Crippen LogP contribution in [0.25, 0.3) is 5.65 Å². The summed E-state index contributed by atoms with van der Waals surface area (Å²) in [5, 5.41) is 9.75. The molecule has 12 heteroatoms. The molecule has 1 aliphatic carbocycles. The van der Waals surface area contributed by atoms with Gasteiger partial charge in [0.15, 0.2) is 23.0 Å². The molecule has 0 saturated heterocycles. The van der Waals surface area contributed by atoms with E-state index in [1.165, 1.54) is 29.8 Å². The van der Waals surface area contributed by atoms with E-state index in [9.17, 15) is 27.6 Å². The Morgan fingerprint density at radius 1 is 1.12 bits per heavy atom. The van der Waals surface area contributed by atoms with Crippen LogP contribution in [0, 0.1) is 12.7 Å². The minimum Gasteiger partial charge on any atom is -0.432 e. The van der Waals surface area contributed by atoms with Crippen molar-refractivity contribution in [3.8, 4) is 5.75 Å². The zero-order valence-electron chi connectivity index (χ0n) is 21.5. The standard InChI is InChI=1S/C28H24F3N5O4/c1-14-17(15(2)37)4-5-19-18(14)6-8-21(19)35-27(39)23-12-22(34-25-9-10-33-36(23)25)26(38)32-13-16-3-7-20(29)24(11-16)40-28(30)31/h3-5,7,9-12,21,28H,6,8,13H2,1-2H3,(H,32,38)(H,35,39)/t21-/m0/s1. The monoisotopic (exact) mass is 551 g/mol. The number of carbonyl (C=O) groups excluding carboxylic acids is 3. The van der Waals surface area contributed by atoms with E-state index in [0.717, 1.165) is 28.8 Å². The number of hydrogen-bond acceptors (Lipinski definition) is 6. The number of rotatable bonds is 8. The highest BCUT2D eigenvalue weighted by Crippen LogP contribution is 2.35. The fourth-order valence-electron chi connectivity index (χ4n) is 4.95. The van der Waals surface area contributed by atoms with Crippen molar-refractivity contribution in [1.29, 1.82) is 0 Å². The number of ketones is 1. The Morgan fingerprint density at radius 2 is 1.93 bits per heavy atom. The molecule has 2 N–H and O–H groups in total. The van der Waals surface area contributed by atoms with Crippen LogP contribution in [0.1, 0.15) is 73.0 Å². The molecule has 4 aromatic rings. The van der Waals surface area contributed by atoms with Crippen molar-refractivity contribution in [1.82, 2.24) is 25.2 Å². The van der Waals surface area contributed by atoms with Crippen molar-refractivity contribution < 1.29 is 32.3 Å². The predicted molar refractivity (Wildman–Crippen MR) is 137 cm³/mol. The molecule has 2 aromatic carbocycles. The molecule has 1 aliphatic rings. The highest BCUT2D eigenvalue weighted by molar-refractivity contribution is 5.99. The molecule has 0 spiro atoms. The van der Waals surface area contributed by atoms with Crippen LogP contribution in [-0.4, -0.2) is 38.8 Å². The van der Waals surface area contributed by atoms with Crippen LogP contribution in [0.4, 0.5) is 13.2 Å². The van der Waals surface area contributed by atoms with E-state index in [4.69, 9.17) is 0 Å². The van der Waals surface area contributed by atoms with Gasteiger partial charge < -0.3 is 15.4 Å². The first-order valence-corrected chi connectivity index (χ1v) is 12.4. The lowest BCUT2D eigenvalue weighted by Gasteiger charge is -2.16. The molecular formula is C28H24F3N5O4. The summed E-state index contributed by atoms with van der Waals surface area (Å²) in [7, 11) is 0. The van der Waals surface area contributed by atoms with Crippen LogP contribution in [-0.2, 0) is 13.0 Å². The average molecular weight is 552 g/mol. The van der Waals surface area contributed by atoms with E-state index in [2.05, 4.69) is 25.5 Å². The Hall–Kier alpha value is -4.74. The second-order valence-corrected chi connectivity index (χ2v) is 9.38. The summed E-state index contributed by atoms with van der Waals surface area (Å²) in [6.07, 6.45) is 2.81. The maximum atomic E-state index is 13.7. The van der Waals surface area contributed by atoms with Crippen LogP contribution in [0.5, 0.6) is 5.75 Å². The first-order chi connectivity index (χ1) is 19.1. The highest BCUT2D eigenvalue weighted by Gasteiger charge is 2.28. The Kier molecular flexibility index (Phi) is 7.24. The summed E-state index contributed by atoms with van der Waals surface area (Å²) in [5.41, 5.74) is 4.14. The maximum Gasteiger partial charge on any atom is 0.387 e. The third-order valence-electron chi connectivity index (χ3n) is 6.87. The van der Waals surface area contributed by atoms with Crippen LogP contribution in [0.2, 0.25) is 0 Å². The zero-order valence-corrected chi connectivity index (χ0v) is 21.5. The number of aromatic nitrogens is 3. The Bertz CT molecular complexity index is 1650. The number of Topliss-reactive ketones (excluding diaryl/α,β-unsaturated/α-hetero) is 1. The quantitative estimate of drug-likeness (QED) is 0.315. The largest absolute Gasteiger partial charge is 0.432 e. The lowest BCUT2D eigenvalue weighted by Crippen LogP contribution is -2.30. The van der Waals surface area contributed by atoms with E-state index in [0.29, 0.717) is 24.0 Å². The molecule has 0 radical (unpaired) electrons. The molecule has 0 unspecified atom stereocenters. The molecule has 1 atom stereocenters. The summed E-state index contributed by atoms with van der Waals surface area (Å²) in [6, 6.07) is 9.53. The van der Waals surface area contributed by atoms with Crippen molar-refractivity contribution >= 4 is 23.2 Å². The predicted octanol–water partition coefficient (Wildman–Crippen LogP) is 4.33. The first-order valence-electron chi connectivity index (χ1n) is 12.4. The number of nitrogens with one attached hydrogen (secondary N) is 2. The Morgan fingerprint density at radius 3 is 2.67 bits per heavy atom. The summed E-state index contributed by atoms with van der Waals surface area (Å²) >= 11 is 0. The smallest absolute Gasteiger partial charge is 0.387 e. The molecule has 0 bridgehead atoms. The number of alkyl halides is 2. The maximum absolute atomic E-state index is 13.7. The number of nitrogens with zero attached hydrogens (tertiary/aromatic N) is 3. The van der Waals surface area contributed by atoms with Crippen molar-refractivity contribution in [2.24, 2.45) is 0 Å². The van der Waals surface area contributed by atoms with Gasteiger partial charge in [0.2, 0.25) is 0 Å². The molecule has 0 fully saturated rings. The number of benzene rings is 2. The first kappa shape index (κ1) is 26.9. The molecular weight excluding hydrogens is 527 g/mol. The van der Waals surface area contributed by atoms with Gasteiger partial charge in [-0.15, -0.1) is 0 Å². The van der Waals surface area contributed by atoms with Crippen LogP contribution >= 0.6 is 0 Å². The number of amides is 2. The molecule has 2 heterocycles. The third kappa shape index (κ3) is 5.24. The number of ether oxygens (including phenoxy) is 1. The summed E-state index contributed by atoms with van der Waals surface area (Å²) in [4.78, 5) is 42.5. The molecule has 0 aliphatic heterocycles. The molecule has 40 heavy (non-hydrogen) atoms. The fourth-order valence-corrected chi connectivity index (χ4v) is 4.95. The summed E-state index contributed by atoms with van der Waals surface area (Å²) in [5.74, 6) is -2.72. The number of carbonyl (C=O) groups is 3. The van der Waals surface area contributed by atoms with Crippen molar-refractivity contribution in [3.63, 3.8) is 0 Å². The minimum absolute atomic E-state index is 0.0159. The van der Waals surface area contributed by atoms with Gasteiger partial charge >= 0.3 is 6.61 Å². The molecule has 2 amide bonds. The van der Waals surface area contributed by atoms with Crippen LogP contribution < -0.4 is 15.4 Å². The lowest BCUT2D eigenvalue weighted by atomic mass is 9.96. The van der Waals surface area contributed by atoms with E-state index >= 15 is 0 Å². The molecule has 5 rings (SSSR count).